The average molecular weight is 345 g/mol. The van der Waals surface area contributed by atoms with Crippen LogP contribution in [0.15, 0.2) is 48.5 Å². The van der Waals surface area contributed by atoms with Gasteiger partial charge in [0.1, 0.15) is 11.5 Å². The molecule has 0 saturated heterocycles. The van der Waals surface area contributed by atoms with Gasteiger partial charge in [-0.05, 0) is 61.2 Å². The zero-order chi connectivity index (χ0) is 18.8. The fourth-order valence-electron chi connectivity index (χ4n) is 2.69. The topological polar surface area (TPSA) is 50.1 Å². The molecule has 3 nitrogen and oxygen atoms in total. The fourth-order valence-corrected chi connectivity index (χ4v) is 2.69. The molecule has 0 aromatic heterocycles. The maximum Gasteiger partial charge on any atom is 0.147 e. The number of carbonyl (C=O) groups is 1. The molecule has 1 atom stereocenters. The van der Waals surface area contributed by atoms with Crippen LogP contribution in [0.25, 0.3) is 0 Å². The molecule has 0 aliphatic carbocycles. The number of ether oxygens (including phenoxy) is 1. The number of carbonyl (C=O) groups excluding carboxylic acids is 1. The maximum atomic E-state index is 11.5. The first-order valence-corrected chi connectivity index (χ1v) is 8.83. The van der Waals surface area contributed by atoms with E-state index in [0.29, 0.717) is 13.0 Å². The van der Waals surface area contributed by atoms with Crippen molar-refractivity contribution < 1.29 is 9.53 Å². The monoisotopic (exact) mass is 345 g/mol. The second kappa shape index (κ2) is 10.1. The summed E-state index contributed by atoms with van der Waals surface area (Å²) < 4.78 is 5.42. The molecule has 132 valence electrons. The van der Waals surface area contributed by atoms with Crippen molar-refractivity contribution in [1.29, 1.82) is 5.26 Å². The molecular weight excluding hydrogens is 322 g/mol. The Balaban J connectivity index is 1.93. The van der Waals surface area contributed by atoms with Crippen molar-refractivity contribution in [2.45, 2.75) is 33.1 Å². The quantitative estimate of drug-likeness (QED) is 0.692. The van der Waals surface area contributed by atoms with Gasteiger partial charge in [0.05, 0.1) is 19.1 Å². The van der Waals surface area contributed by atoms with E-state index >= 15 is 0 Å². The van der Waals surface area contributed by atoms with Crippen molar-refractivity contribution in [3.8, 4) is 23.7 Å². The van der Waals surface area contributed by atoms with Gasteiger partial charge in [-0.3, -0.25) is 4.79 Å². The first-order valence-electron chi connectivity index (χ1n) is 8.83. The molecule has 2 aromatic rings. The van der Waals surface area contributed by atoms with Crippen LogP contribution < -0.4 is 4.74 Å². The van der Waals surface area contributed by atoms with Gasteiger partial charge in [-0.25, -0.2) is 0 Å². The summed E-state index contributed by atoms with van der Waals surface area (Å²) >= 11 is 0. The molecule has 0 fully saturated rings. The minimum atomic E-state index is 0.00438. The lowest BCUT2D eigenvalue weighted by Crippen LogP contribution is -2.07. The minimum Gasteiger partial charge on any atom is -0.494 e. The SMILES string of the molecule is CCOc1ccc(C#Cc2ccc(CC(C)CC(=O)CC#N)cc2)cc1. The van der Waals surface area contributed by atoms with Crippen LogP contribution >= 0.6 is 0 Å². The van der Waals surface area contributed by atoms with Crippen LogP contribution in [0.4, 0.5) is 0 Å². The Labute approximate surface area is 155 Å². The first kappa shape index (κ1) is 19.3. The van der Waals surface area contributed by atoms with E-state index in [4.69, 9.17) is 10.00 Å². The summed E-state index contributed by atoms with van der Waals surface area (Å²) in [6.45, 7) is 4.65. The molecule has 0 amide bonds. The predicted molar refractivity (Wildman–Crippen MR) is 103 cm³/mol. The molecule has 0 heterocycles. The van der Waals surface area contributed by atoms with E-state index in [1.54, 1.807) is 0 Å². The van der Waals surface area contributed by atoms with E-state index in [1.165, 1.54) is 5.56 Å². The van der Waals surface area contributed by atoms with E-state index in [0.717, 1.165) is 23.3 Å². The van der Waals surface area contributed by atoms with Crippen LogP contribution in [-0.4, -0.2) is 12.4 Å². The van der Waals surface area contributed by atoms with Gasteiger partial charge in [-0.1, -0.05) is 30.9 Å². The molecule has 0 saturated carbocycles. The second-order valence-electron chi connectivity index (χ2n) is 6.29. The van der Waals surface area contributed by atoms with E-state index in [-0.39, 0.29) is 18.1 Å². The smallest absolute Gasteiger partial charge is 0.147 e. The molecular formula is C23H23NO2. The molecule has 2 aromatic carbocycles. The number of rotatable bonds is 7. The summed E-state index contributed by atoms with van der Waals surface area (Å²) in [6, 6.07) is 17.8. The molecule has 1 unspecified atom stereocenters. The summed E-state index contributed by atoms with van der Waals surface area (Å²) in [6.07, 6.45) is 1.28. The summed E-state index contributed by atoms with van der Waals surface area (Å²) in [7, 11) is 0. The van der Waals surface area contributed by atoms with Gasteiger partial charge in [0.2, 0.25) is 0 Å². The zero-order valence-electron chi connectivity index (χ0n) is 15.3. The van der Waals surface area contributed by atoms with Crippen LogP contribution in [0, 0.1) is 29.1 Å². The Morgan fingerprint density at radius 2 is 1.62 bits per heavy atom. The van der Waals surface area contributed by atoms with Crippen LogP contribution in [0.1, 0.15) is 43.4 Å². The highest BCUT2D eigenvalue weighted by molar-refractivity contribution is 5.80. The number of Topliss-reactive ketones (excluding diaryl/α,β-unsaturated/α-hetero) is 1. The van der Waals surface area contributed by atoms with Crippen molar-refractivity contribution in [2.75, 3.05) is 6.61 Å². The lowest BCUT2D eigenvalue weighted by molar-refractivity contribution is -0.118. The fraction of sp³-hybridized carbons (Fsp3) is 0.304. The third-order valence-corrected chi connectivity index (χ3v) is 3.91. The van der Waals surface area contributed by atoms with Crippen LogP contribution in [0.5, 0.6) is 5.75 Å². The molecule has 2 rings (SSSR count). The Hall–Kier alpha value is -3.04. The number of nitriles is 1. The highest BCUT2D eigenvalue weighted by atomic mass is 16.5. The summed E-state index contributed by atoms with van der Waals surface area (Å²) in [5.74, 6) is 7.41. The number of nitrogens with zero attached hydrogens (tertiary/aromatic N) is 1. The lowest BCUT2D eigenvalue weighted by Gasteiger charge is -2.09. The zero-order valence-corrected chi connectivity index (χ0v) is 15.3. The molecule has 3 heteroatoms. The van der Waals surface area contributed by atoms with Crippen molar-refractivity contribution in [3.63, 3.8) is 0 Å². The van der Waals surface area contributed by atoms with Gasteiger partial charge in [0, 0.05) is 17.5 Å². The van der Waals surface area contributed by atoms with Gasteiger partial charge >= 0.3 is 0 Å². The summed E-state index contributed by atoms with van der Waals surface area (Å²) in [4.78, 5) is 11.5. The average Bonchev–Trinajstić information content (AvgIpc) is 2.62. The standard InChI is InChI=1S/C23H23NO2/c1-3-26-23-12-10-20(11-13-23)5-4-19-6-8-21(9-7-19)16-18(2)17-22(25)14-15-24/h6-13,18H,3,14,16-17H2,1-2H3. The van der Waals surface area contributed by atoms with E-state index < -0.39 is 0 Å². The Morgan fingerprint density at radius 1 is 1.04 bits per heavy atom. The minimum absolute atomic E-state index is 0.00438. The van der Waals surface area contributed by atoms with Crippen molar-refractivity contribution in [2.24, 2.45) is 5.92 Å². The van der Waals surface area contributed by atoms with Crippen LogP contribution in [0.3, 0.4) is 0 Å². The van der Waals surface area contributed by atoms with Gasteiger partial charge in [-0.15, -0.1) is 0 Å². The molecule has 0 bridgehead atoms. The molecule has 0 aliphatic rings. The van der Waals surface area contributed by atoms with E-state index in [2.05, 4.69) is 11.8 Å². The van der Waals surface area contributed by atoms with Crippen molar-refractivity contribution in [1.82, 2.24) is 0 Å². The number of hydrogen-bond acceptors (Lipinski definition) is 3. The summed E-state index contributed by atoms with van der Waals surface area (Å²) in [5.41, 5.74) is 3.08. The molecule has 0 aliphatic heterocycles. The van der Waals surface area contributed by atoms with Crippen molar-refractivity contribution in [3.05, 3.63) is 65.2 Å². The molecule has 0 spiro atoms. The summed E-state index contributed by atoms with van der Waals surface area (Å²) in [5, 5.41) is 8.55. The van der Waals surface area contributed by atoms with Crippen molar-refractivity contribution >= 4 is 5.78 Å². The van der Waals surface area contributed by atoms with Gasteiger partial charge in [0.15, 0.2) is 0 Å². The highest BCUT2D eigenvalue weighted by Gasteiger charge is 2.09. The molecule has 26 heavy (non-hydrogen) atoms. The van der Waals surface area contributed by atoms with E-state index in [9.17, 15) is 4.79 Å². The largest absolute Gasteiger partial charge is 0.494 e. The lowest BCUT2D eigenvalue weighted by atomic mass is 9.95. The number of hydrogen-bond donors (Lipinski definition) is 0. The Kier molecular flexibility index (Phi) is 7.47. The van der Waals surface area contributed by atoms with Gasteiger partial charge in [-0.2, -0.15) is 5.26 Å². The Bertz CT molecular complexity index is 818. The normalized spacial score (nSPS) is 11.0. The van der Waals surface area contributed by atoms with Crippen LogP contribution in [-0.2, 0) is 11.2 Å². The van der Waals surface area contributed by atoms with Crippen LogP contribution in [0.2, 0.25) is 0 Å². The molecule has 0 radical (unpaired) electrons. The van der Waals surface area contributed by atoms with E-state index in [1.807, 2.05) is 68.4 Å². The number of ketones is 1. The highest BCUT2D eigenvalue weighted by Crippen LogP contribution is 2.14. The predicted octanol–water partition coefficient (Wildman–Crippen LogP) is 4.54. The second-order valence-corrected chi connectivity index (χ2v) is 6.29. The first-order chi connectivity index (χ1) is 12.6. The maximum absolute atomic E-state index is 11.5. The van der Waals surface area contributed by atoms with Gasteiger partial charge in [0.25, 0.3) is 0 Å². The third-order valence-electron chi connectivity index (χ3n) is 3.91. The van der Waals surface area contributed by atoms with Gasteiger partial charge < -0.3 is 4.74 Å². The third kappa shape index (κ3) is 6.46. The number of benzene rings is 2. The Morgan fingerprint density at radius 3 is 2.15 bits per heavy atom. The molecule has 0 N–H and O–H groups in total.